The molecule has 0 fully saturated rings. The molecular formula is C17H16BrClO. The van der Waals surface area contributed by atoms with Crippen LogP contribution in [0.2, 0.25) is 5.02 Å². The maximum Gasteiger partial charge on any atom is 0.140 e. The molecule has 0 aliphatic heterocycles. The molecule has 0 saturated heterocycles. The van der Waals surface area contributed by atoms with E-state index in [1.807, 2.05) is 55.5 Å². The van der Waals surface area contributed by atoms with Crippen LogP contribution in [0.5, 0.6) is 0 Å². The highest BCUT2D eigenvalue weighted by molar-refractivity contribution is 9.10. The van der Waals surface area contributed by atoms with Crippen molar-refractivity contribution in [1.29, 1.82) is 0 Å². The first kappa shape index (κ1) is 15.3. The molecule has 3 heteroatoms. The molecule has 2 aromatic carbocycles. The van der Waals surface area contributed by atoms with Crippen LogP contribution in [0.15, 0.2) is 53.0 Å². The number of benzene rings is 2. The van der Waals surface area contributed by atoms with E-state index in [4.69, 9.17) is 11.6 Å². The van der Waals surface area contributed by atoms with E-state index in [1.165, 1.54) is 0 Å². The van der Waals surface area contributed by atoms with Gasteiger partial charge in [0, 0.05) is 9.50 Å². The maximum atomic E-state index is 12.2. The van der Waals surface area contributed by atoms with Crippen LogP contribution in [0.1, 0.15) is 25.0 Å². The van der Waals surface area contributed by atoms with Crippen LogP contribution in [-0.4, -0.2) is 5.78 Å². The number of carbonyl (C=O) groups excluding carboxylic acids is 1. The normalized spacial score (nSPS) is 13.8. The standard InChI is InChI=1S/C17H16BrClO/c1-12(20)17(2,14-4-3-5-15(18)10-14)11-13-6-8-16(19)9-7-13/h3-10H,11H2,1-2H3. The maximum absolute atomic E-state index is 12.2. The fourth-order valence-electron chi connectivity index (χ4n) is 2.27. The molecule has 2 rings (SSSR count). The van der Waals surface area contributed by atoms with Gasteiger partial charge >= 0.3 is 0 Å². The Hall–Kier alpha value is -1.12. The topological polar surface area (TPSA) is 17.1 Å². The van der Waals surface area contributed by atoms with E-state index >= 15 is 0 Å². The van der Waals surface area contributed by atoms with Gasteiger partial charge in [-0.15, -0.1) is 0 Å². The van der Waals surface area contributed by atoms with Crippen LogP contribution >= 0.6 is 27.5 Å². The zero-order valence-electron chi connectivity index (χ0n) is 11.5. The van der Waals surface area contributed by atoms with E-state index in [0.717, 1.165) is 15.6 Å². The van der Waals surface area contributed by atoms with E-state index in [2.05, 4.69) is 15.9 Å². The summed E-state index contributed by atoms with van der Waals surface area (Å²) < 4.78 is 0.985. The Morgan fingerprint density at radius 1 is 1.20 bits per heavy atom. The van der Waals surface area contributed by atoms with Gasteiger partial charge in [0.15, 0.2) is 0 Å². The second-order valence-corrected chi connectivity index (χ2v) is 6.55. The van der Waals surface area contributed by atoms with Gasteiger partial charge in [0.25, 0.3) is 0 Å². The highest BCUT2D eigenvalue weighted by Crippen LogP contribution is 2.31. The van der Waals surface area contributed by atoms with Crippen LogP contribution in [0.3, 0.4) is 0 Å². The predicted molar refractivity (Wildman–Crippen MR) is 87.3 cm³/mol. The highest BCUT2D eigenvalue weighted by Gasteiger charge is 2.32. The van der Waals surface area contributed by atoms with Crippen molar-refractivity contribution in [1.82, 2.24) is 0 Å². The molecular weight excluding hydrogens is 336 g/mol. The lowest BCUT2D eigenvalue weighted by Crippen LogP contribution is -2.33. The Morgan fingerprint density at radius 2 is 1.85 bits per heavy atom. The largest absolute Gasteiger partial charge is 0.299 e. The summed E-state index contributed by atoms with van der Waals surface area (Å²) in [6, 6.07) is 15.6. The third-order valence-corrected chi connectivity index (χ3v) is 4.45. The van der Waals surface area contributed by atoms with Gasteiger partial charge in [-0.3, -0.25) is 4.79 Å². The van der Waals surface area contributed by atoms with Gasteiger partial charge in [0.05, 0.1) is 5.41 Å². The second-order valence-electron chi connectivity index (χ2n) is 5.20. The highest BCUT2D eigenvalue weighted by atomic mass is 79.9. The minimum atomic E-state index is -0.530. The van der Waals surface area contributed by atoms with Crippen LogP contribution in [0.25, 0.3) is 0 Å². The minimum Gasteiger partial charge on any atom is -0.299 e. The lowest BCUT2D eigenvalue weighted by Gasteiger charge is -2.28. The van der Waals surface area contributed by atoms with Crippen molar-refractivity contribution in [3.8, 4) is 0 Å². The second kappa shape index (κ2) is 6.11. The fraction of sp³-hybridized carbons (Fsp3) is 0.235. The third-order valence-electron chi connectivity index (χ3n) is 3.71. The van der Waals surface area contributed by atoms with E-state index in [0.29, 0.717) is 11.4 Å². The van der Waals surface area contributed by atoms with E-state index < -0.39 is 5.41 Å². The number of halogens is 2. The average molecular weight is 352 g/mol. The summed E-state index contributed by atoms with van der Waals surface area (Å²) in [4.78, 5) is 12.2. The van der Waals surface area contributed by atoms with Gasteiger partial charge < -0.3 is 0 Å². The molecule has 0 spiro atoms. The summed E-state index contributed by atoms with van der Waals surface area (Å²) in [5, 5.41) is 0.709. The van der Waals surface area contributed by atoms with Crippen LogP contribution in [-0.2, 0) is 16.6 Å². The predicted octanol–water partition coefficient (Wildman–Crippen LogP) is 5.19. The van der Waals surface area contributed by atoms with Crippen molar-refractivity contribution in [2.75, 3.05) is 0 Å². The van der Waals surface area contributed by atoms with Crippen molar-refractivity contribution in [2.45, 2.75) is 25.7 Å². The fourth-order valence-corrected chi connectivity index (χ4v) is 2.80. The molecule has 0 bridgehead atoms. The first-order valence-corrected chi connectivity index (χ1v) is 7.60. The third kappa shape index (κ3) is 3.31. The molecule has 0 N–H and O–H groups in total. The number of carbonyl (C=O) groups is 1. The van der Waals surface area contributed by atoms with Crippen molar-refractivity contribution < 1.29 is 4.79 Å². The number of rotatable bonds is 4. The van der Waals surface area contributed by atoms with Gasteiger partial charge in [-0.1, -0.05) is 51.8 Å². The molecule has 0 aromatic heterocycles. The van der Waals surface area contributed by atoms with Crippen molar-refractivity contribution in [3.05, 3.63) is 69.2 Å². The summed E-state index contributed by atoms with van der Waals surface area (Å²) in [5.74, 6) is 0.158. The molecule has 0 saturated carbocycles. The molecule has 2 aromatic rings. The minimum absolute atomic E-state index is 0.158. The molecule has 0 aliphatic carbocycles. The Balaban J connectivity index is 2.39. The van der Waals surface area contributed by atoms with Crippen LogP contribution in [0.4, 0.5) is 0 Å². The van der Waals surface area contributed by atoms with Gasteiger partial charge in [0.2, 0.25) is 0 Å². The van der Waals surface area contributed by atoms with Crippen molar-refractivity contribution in [2.24, 2.45) is 0 Å². The number of hydrogen-bond acceptors (Lipinski definition) is 1. The molecule has 0 amide bonds. The lowest BCUT2D eigenvalue weighted by atomic mass is 9.74. The van der Waals surface area contributed by atoms with Crippen molar-refractivity contribution in [3.63, 3.8) is 0 Å². The van der Waals surface area contributed by atoms with Gasteiger partial charge in [-0.2, -0.15) is 0 Å². The van der Waals surface area contributed by atoms with Gasteiger partial charge in [-0.05, 0) is 55.7 Å². The molecule has 1 atom stereocenters. The summed E-state index contributed by atoms with van der Waals surface area (Å²) >= 11 is 9.38. The van der Waals surface area contributed by atoms with Gasteiger partial charge in [-0.25, -0.2) is 0 Å². The molecule has 1 nitrogen and oxygen atoms in total. The summed E-state index contributed by atoms with van der Waals surface area (Å²) in [6.45, 7) is 3.64. The smallest absolute Gasteiger partial charge is 0.140 e. The number of hydrogen-bond donors (Lipinski definition) is 0. The molecule has 1 unspecified atom stereocenters. The van der Waals surface area contributed by atoms with E-state index in [9.17, 15) is 4.79 Å². The number of Topliss-reactive ketones (excluding diaryl/α,β-unsaturated/α-hetero) is 1. The molecule has 104 valence electrons. The first-order valence-electron chi connectivity index (χ1n) is 6.43. The first-order chi connectivity index (χ1) is 9.41. The Labute approximate surface area is 133 Å². The lowest BCUT2D eigenvalue weighted by molar-refractivity contribution is -0.121. The Bertz CT molecular complexity index is 621. The molecule has 0 radical (unpaired) electrons. The van der Waals surface area contributed by atoms with Crippen LogP contribution < -0.4 is 0 Å². The quantitative estimate of drug-likeness (QED) is 0.740. The summed E-state index contributed by atoms with van der Waals surface area (Å²) in [7, 11) is 0. The van der Waals surface area contributed by atoms with Gasteiger partial charge in [0.1, 0.15) is 5.78 Å². The average Bonchev–Trinajstić information content (AvgIpc) is 2.41. The van der Waals surface area contributed by atoms with Crippen molar-refractivity contribution >= 4 is 33.3 Å². The van der Waals surface area contributed by atoms with E-state index in [-0.39, 0.29) is 5.78 Å². The van der Waals surface area contributed by atoms with Crippen LogP contribution in [0, 0.1) is 0 Å². The molecule has 0 heterocycles. The SMILES string of the molecule is CC(=O)C(C)(Cc1ccc(Cl)cc1)c1cccc(Br)c1. The zero-order valence-corrected chi connectivity index (χ0v) is 13.8. The Kier molecular flexibility index (Phi) is 4.66. The summed E-state index contributed by atoms with van der Waals surface area (Å²) in [5.41, 5.74) is 1.60. The zero-order chi connectivity index (χ0) is 14.8. The number of ketones is 1. The summed E-state index contributed by atoms with van der Waals surface area (Å²) in [6.07, 6.45) is 0.663. The molecule has 0 aliphatic rings. The Morgan fingerprint density at radius 3 is 2.40 bits per heavy atom. The molecule has 20 heavy (non-hydrogen) atoms. The van der Waals surface area contributed by atoms with E-state index in [1.54, 1.807) is 6.92 Å². The monoisotopic (exact) mass is 350 g/mol.